The average molecular weight is 546 g/mol. The fraction of sp³-hybridized carbons (Fsp3) is 0.226. The summed E-state index contributed by atoms with van der Waals surface area (Å²) in [5.41, 5.74) is 3.38. The molecule has 3 aromatic carbocycles. The summed E-state index contributed by atoms with van der Waals surface area (Å²) >= 11 is 0. The number of nitrogens with one attached hydrogen (secondary N) is 2. The lowest BCUT2D eigenvalue weighted by atomic mass is 9.92. The Morgan fingerprint density at radius 3 is 2.12 bits per heavy atom. The summed E-state index contributed by atoms with van der Waals surface area (Å²) in [5, 5.41) is 6.76. The maximum atomic E-state index is 14.2. The monoisotopic (exact) mass is 545 g/mol. The summed E-state index contributed by atoms with van der Waals surface area (Å²) in [4.78, 5) is 16.0. The smallest absolute Gasteiger partial charge is 0.305 e. The molecular formula is C31H29F2N3O4. The summed E-state index contributed by atoms with van der Waals surface area (Å²) in [6.45, 7) is 0.259. The molecule has 2 N–H and O–H groups in total. The lowest BCUT2D eigenvalue weighted by molar-refractivity contribution is -0.140. The van der Waals surface area contributed by atoms with Crippen molar-refractivity contribution in [2.75, 3.05) is 24.9 Å². The first-order valence-electron chi connectivity index (χ1n) is 12.8. The van der Waals surface area contributed by atoms with E-state index < -0.39 is 17.3 Å². The molecule has 5 rings (SSSR count). The van der Waals surface area contributed by atoms with Crippen LogP contribution < -0.4 is 20.1 Å². The Kier molecular flexibility index (Phi) is 7.82. The van der Waals surface area contributed by atoms with E-state index >= 15 is 0 Å². The van der Waals surface area contributed by atoms with Crippen LogP contribution >= 0.6 is 0 Å². The molecule has 0 fully saturated rings. The molecule has 1 aromatic heterocycles. The molecular weight excluding hydrogens is 516 g/mol. The van der Waals surface area contributed by atoms with Crippen LogP contribution in [-0.4, -0.2) is 25.2 Å². The number of esters is 1. The Balaban J connectivity index is 1.45. The highest BCUT2D eigenvalue weighted by Crippen LogP contribution is 2.44. The Labute approximate surface area is 231 Å². The van der Waals surface area contributed by atoms with Crippen LogP contribution in [0, 0.1) is 11.6 Å². The quantitative estimate of drug-likeness (QED) is 0.237. The lowest BCUT2D eigenvalue weighted by Crippen LogP contribution is -2.41. The van der Waals surface area contributed by atoms with E-state index in [0.717, 1.165) is 34.6 Å². The molecule has 0 aliphatic carbocycles. The predicted molar refractivity (Wildman–Crippen MR) is 147 cm³/mol. The van der Waals surface area contributed by atoms with Gasteiger partial charge in [-0.1, -0.05) is 36.4 Å². The minimum Gasteiger partial charge on any atom is -0.497 e. The van der Waals surface area contributed by atoms with Gasteiger partial charge < -0.3 is 24.8 Å². The number of carbonyl (C=O) groups is 1. The molecule has 1 aliphatic rings. The summed E-state index contributed by atoms with van der Waals surface area (Å²) < 4.78 is 44.5. The maximum Gasteiger partial charge on any atom is 0.305 e. The van der Waals surface area contributed by atoms with E-state index in [0.29, 0.717) is 42.1 Å². The number of halogens is 2. The van der Waals surface area contributed by atoms with Crippen LogP contribution in [0.5, 0.6) is 11.6 Å². The minimum absolute atomic E-state index is 0.259. The number of hydrogen-bond donors (Lipinski definition) is 2. The van der Waals surface area contributed by atoms with Crippen molar-refractivity contribution >= 4 is 17.3 Å². The third kappa shape index (κ3) is 5.83. The number of fused-ring (bicyclic) bond motifs is 1. The van der Waals surface area contributed by atoms with Crippen molar-refractivity contribution in [2.24, 2.45) is 0 Å². The number of anilines is 2. The molecule has 206 valence electrons. The molecule has 2 heterocycles. The summed E-state index contributed by atoms with van der Waals surface area (Å²) in [5.74, 6) is -1.03. The van der Waals surface area contributed by atoms with Gasteiger partial charge in [0.15, 0.2) is 11.6 Å². The van der Waals surface area contributed by atoms with Gasteiger partial charge in [-0.05, 0) is 47.4 Å². The molecule has 0 unspecified atom stereocenters. The lowest BCUT2D eigenvalue weighted by Gasteiger charge is -2.32. The molecule has 40 heavy (non-hydrogen) atoms. The summed E-state index contributed by atoms with van der Waals surface area (Å²) in [6, 6.07) is 21.3. The molecule has 4 aromatic rings. The van der Waals surface area contributed by atoms with Gasteiger partial charge in [-0.2, -0.15) is 0 Å². The Morgan fingerprint density at radius 2 is 1.50 bits per heavy atom. The third-order valence-electron chi connectivity index (χ3n) is 6.86. The number of pyridine rings is 1. The second-order valence-electron chi connectivity index (χ2n) is 9.53. The summed E-state index contributed by atoms with van der Waals surface area (Å²) in [6.07, 6.45) is 2.88. The van der Waals surface area contributed by atoms with Gasteiger partial charge >= 0.3 is 5.97 Å². The molecule has 0 amide bonds. The van der Waals surface area contributed by atoms with E-state index in [1.165, 1.54) is 7.11 Å². The van der Waals surface area contributed by atoms with E-state index in [-0.39, 0.29) is 12.6 Å². The zero-order chi connectivity index (χ0) is 28.1. The van der Waals surface area contributed by atoms with E-state index in [9.17, 15) is 13.6 Å². The van der Waals surface area contributed by atoms with Crippen LogP contribution in [0.2, 0.25) is 0 Å². The van der Waals surface area contributed by atoms with Gasteiger partial charge in [0.1, 0.15) is 18.0 Å². The van der Waals surface area contributed by atoms with E-state index in [4.69, 9.17) is 14.2 Å². The summed E-state index contributed by atoms with van der Waals surface area (Å²) in [7, 11) is 2.98. The Morgan fingerprint density at radius 1 is 0.875 bits per heavy atom. The van der Waals surface area contributed by atoms with Gasteiger partial charge in [-0.25, -0.2) is 13.8 Å². The third-order valence-corrected chi connectivity index (χ3v) is 6.86. The van der Waals surface area contributed by atoms with Crippen LogP contribution in [0.3, 0.4) is 0 Å². The van der Waals surface area contributed by atoms with Crippen molar-refractivity contribution in [3.8, 4) is 11.6 Å². The van der Waals surface area contributed by atoms with Crippen LogP contribution in [-0.2, 0) is 34.6 Å². The topological polar surface area (TPSA) is 81.7 Å². The largest absolute Gasteiger partial charge is 0.497 e. The molecule has 7 nitrogen and oxygen atoms in total. The number of benzene rings is 3. The average Bonchev–Trinajstić information content (AvgIpc) is 3.33. The minimum atomic E-state index is -1.01. The van der Waals surface area contributed by atoms with Crippen molar-refractivity contribution in [3.63, 3.8) is 0 Å². The van der Waals surface area contributed by atoms with Crippen LogP contribution in [0.15, 0.2) is 79.0 Å². The molecule has 9 heteroatoms. The first-order valence-corrected chi connectivity index (χ1v) is 12.8. The molecule has 0 atom stereocenters. The van der Waals surface area contributed by atoms with Crippen molar-refractivity contribution in [1.82, 2.24) is 4.98 Å². The van der Waals surface area contributed by atoms with E-state index in [1.54, 1.807) is 19.4 Å². The van der Waals surface area contributed by atoms with Gasteiger partial charge in [0, 0.05) is 31.2 Å². The SMILES string of the molecule is COC(=O)CCc1ccc(CC2(c3cccnc3OCc3ccc(OC)cc3)Nc3cc(F)c(F)cc3N2)cc1. The zero-order valence-electron chi connectivity index (χ0n) is 22.2. The number of methoxy groups -OCH3 is 2. The zero-order valence-corrected chi connectivity index (χ0v) is 22.2. The molecule has 0 radical (unpaired) electrons. The van der Waals surface area contributed by atoms with Crippen molar-refractivity contribution in [3.05, 3.63) is 113 Å². The highest BCUT2D eigenvalue weighted by Gasteiger charge is 2.41. The van der Waals surface area contributed by atoms with Crippen LogP contribution in [0.4, 0.5) is 20.2 Å². The standard InChI is InChI=1S/C31H29F2N3O4/c1-38-23-12-9-22(10-13-23)19-40-30-24(4-3-15-34-30)31(35-27-16-25(32)26(33)17-28(27)36-31)18-21-7-5-20(6-8-21)11-14-29(37)39-2/h3-10,12-13,15-17,35-36H,11,14,18-19H2,1-2H3. The fourth-order valence-electron chi connectivity index (χ4n) is 4.75. The number of rotatable bonds is 10. The second-order valence-corrected chi connectivity index (χ2v) is 9.53. The van der Waals surface area contributed by atoms with Gasteiger partial charge in [0.05, 0.1) is 31.2 Å². The van der Waals surface area contributed by atoms with E-state index in [2.05, 4.69) is 15.6 Å². The van der Waals surface area contributed by atoms with E-state index in [1.807, 2.05) is 54.6 Å². The van der Waals surface area contributed by atoms with Gasteiger partial charge in [0.2, 0.25) is 5.88 Å². The van der Waals surface area contributed by atoms with Crippen LogP contribution in [0.25, 0.3) is 0 Å². The molecule has 0 spiro atoms. The highest BCUT2D eigenvalue weighted by molar-refractivity contribution is 5.78. The van der Waals surface area contributed by atoms with Crippen LogP contribution in [0.1, 0.15) is 28.7 Å². The van der Waals surface area contributed by atoms with Gasteiger partial charge in [-0.3, -0.25) is 4.79 Å². The molecule has 0 bridgehead atoms. The Hall–Kier alpha value is -4.66. The number of aryl methyl sites for hydroxylation is 1. The number of ether oxygens (including phenoxy) is 3. The van der Waals surface area contributed by atoms with Crippen molar-refractivity contribution in [2.45, 2.75) is 31.5 Å². The van der Waals surface area contributed by atoms with Gasteiger partial charge in [0.25, 0.3) is 0 Å². The number of hydrogen-bond acceptors (Lipinski definition) is 7. The van der Waals surface area contributed by atoms with Gasteiger partial charge in [-0.15, -0.1) is 0 Å². The number of carbonyl (C=O) groups excluding carboxylic acids is 1. The molecule has 0 saturated carbocycles. The fourth-order valence-corrected chi connectivity index (χ4v) is 4.75. The number of nitrogens with zero attached hydrogens (tertiary/aromatic N) is 1. The molecule has 1 aliphatic heterocycles. The highest BCUT2D eigenvalue weighted by atomic mass is 19.2. The maximum absolute atomic E-state index is 14.2. The van der Waals surface area contributed by atoms with Crippen molar-refractivity contribution < 1.29 is 27.8 Å². The second kappa shape index (κ2) is 11.6. The molecule has 0 saturated heterocycles. The normalized spacial score (nSPS) is 13.1. The number of aromatic nitrogens is 1. The van der Waals surface area contributed by atoms with Crippen molar-refractivity contribution in [1.29, 1.82) is 0 Å². The Bertz CT molecular complexity index is 1460. The predicted octanol–water partition coefficient (Wildman–Crippen LogP) is 5.99. The first kappa shape index (κ1) is 26.9. The first-order chi connectivity index (χ1) is 19.4.